The molecule has 0 atom stereocenters. The molecule has 0 aliphatic heterocycles. The summed E-state index contributed by atoms with van der Waals surface area (Å²) in [6.45, 7) is 7.91. The number of hydrogen-bond acceptors (Lipinski definition) is 5. The van der Waals surface area contributed by atoms with E-state index in [2.05, 4.69) is 19.9 Å². The maximum Gasteiger partial charge on any atom is 0.251 e. The van der Waals surface area contributed by atoms with Crippen LogP contribution in [0.4, 0.5) is 5.82 Å². The molecule has 142 valence electrons. The number of nitrogens with two attached hydrogens (primary N) is 1. The van der Waals surface area contributed by atoms with Gasteiger partial charge in [-0.05, 0) is 38.5 Å². The van der Waals surface area contributed by atoms with Gasteiger partial charge in [0.2, 0.25) is 0 Å². The van der Waals surface area contributed by atoms with E-state index < -0.39 is 0 Å². The topological polar surface area (TPSA) is 95.1 Å². The molecule has 2 aromatic heterocycles. The summed E-state index contributed by atoms with van der Waals surface area (Å²) in [6, 6.07) is 9.17. The maximum absolute atomic E-state index is 12.3. The van der Waals surface area contributed by atoms with E-state index in [1.807, 2.05) is 39.0 Å². The van der Waals surface area contributed by atoms with Crippen LogP contribution in [0.15, 0.2) is 30.3 Å². The number of aryl methyl sites for hydroxylation is 2. The van der Waals surface area contributed by atoms with Gasteiger partial charge in [-0.3, -0.25) is 4.79 Å². The first-order valence-corrected chi connectivity index (χ1v) is 9.05. The molecule has 3 N–H and O–H groups in total. The average molecular weight is 367 g/mol. The van der Waals surface area contributed by atoms with E-state index in [0.717, 1.165) is 22.6 Å². The quantitative estimate of drug-likeness (QED) is 0.669. The molecule has 1 aromatic carbocycles. The number of imidazole rings is 1. The number of carbonyl (C=O) groups excluding carboxylic acids is 1. The number of pyridine rings is 1. The smallest absolute Gasteiger partial charge is 0.251 e. The van der Waals surface area contributed by atoms with Crippen LogP contribution in [0.2, 0.25) is 0 Å². The van der Waals surface area contributed by atoms with Gasteiger partial charge in [0, 0.05) is 31.0 Å². The predicted molar refractivity (Wildman–Crippen MR) is 106 cm³/mol. The van der Waals surface area contributed by atoms with Gasteiger partial charge < -0.3 is 20.4 Å². The molecule has 0 unspecified atom stereocenters. The van der Waals surface area contributed by atoms with E-state index in [9.17, 15) is 4.79 Å². The standard InChI is InChI=1S/C20H25N5O2/c1-4-27-12-16-24-17-18(13(2)14(3)23-19(17)21)25(16)11-10-22-20(26)15-8-6-5-7-9-15/h5-9H,4,10-12H2,1-3H3,(H2,21,23)(H,22,26). The fourth-order valence-corrected chi connectivity index (χ4v) is 3.06. The van der Waals surface area contributed by atoms with Crippen LogP contribution >= 0.6 is 0 Å². The molecule has 0 fully saturated rings. The van der Waals surface area contributed by atoms with Crippen molar-refractivity contribution in [2.45, 2.75) is 33.9 Å². The van der Waals surface area contributed by atoms with Gasteiger partial charge in [-0.2, -0.15) is 0 Å². The van der Waals surface area contributed by atoms with Gasteiger partial charge in [0.05, 0.1) is 5.52 Å². The van der Waals surface area contributed by atoms with E-state index in [4.69, 9.17) is 10.5 Å². The fourth-order valence-electron chi connectivity index (χ4n) is 3.06. The highest BCUT2D eigenvalue weighted by molar-refractivity contribution is 5.94. The van der Waals surface area contributed by atoms with Crippen LogP contribution in [-0.2, 0) is 17.9 Å². The van der Waals surface area contributed by atoms with E-state index in [1.54, 1.807) is 12.1 Å². The monoisotopic (exact) mass is 367 g/mol. The number of aromatic nitrogens is 3. The van der Waals surface area contributed by atoms with Gasteiger partial charge >= 0.3 is 0 Å². The number of nitrogen functional groups attached to an aromatic ring is 1. The van der Waals surface area contributed by atoms with Crippen LogP contribution in [0, 0.1) is 13.8 Å². The van der Waals surface area contributed by atoms with Gasteiger partial charge in [0.25, 0.3) is 5.91 Å². The van der Waals surface area contributed by atoms with Crippen molar-refractivity contribution in [3.8, 4) is 0 Å². The molecule has 3 aromatic rings. The number of hydrogen-bond donors (Lipinski definition) is 2. The Morgan fingerprint density at radius 2 is 1.96 bits per heavy atom. The Kier molecular flexibility index (Phi) is 5.71. The van der Waals surface area contributed by atoms with Crippen LogP contribution < -0.4 is 11.1 Å². The van der Waals surface area contributed by atoms with Crippen molar-refractivity contribution in [3.63, 3.8) is 0 Å². The first-order valence-electron chi connectivity index (χ1n) is 9.05. The lowest BCUT2D eigenvalue weighted by molar-refractivity contribution is 0.0951. The van der Waals surface area contributed by atoms with Crippen LogP contribution in [0.1, 0.15) is 34.4 Å². The Hall–Kier alpha value is -2.93. The first kappa shape index (κ1) is 18.8. The van der Waals surface area contributed by atoms with Crippen molar-refractivity contribution in [3.05, 3.63) is 53.0 Å². The normalized spacial score (nSPS) is 11.1. The molecular formula is C20H25N5O2. The van der Waals surface area contributed by atoms with Crippen molar-refractivity contribution in [2.24, 2.45) is 0 Å². The summed E-state index contributed by atoms with van der Waals surface area (Å²) in [7, 11) is 0. The Labute approximate surface area is 158 Å². The van der Waals surface area contributed by atoms with E-state index in [1.165, 1.54) is 0 Å². The number of amides is 1. The van der Waals surface area contributed by atoms with Crippen molar-refractivity contribution < 1.29 is 9.53 Å². The average Bonchev–Trinajstić information content (AvgIpc) is 3.04. The molecule has 0 bridgehead atoms. The second-order valence-electron chi connectivity index (χ2n) is 6.34. The van der Waals surface area contributed by atoms with Gasteiger partial charge in [-0.15, -0.1) is 0 Å². The zero-order valence-electron chi connectivity index (χ0n) is 16.0. The third kappa shape index (κ3) is 3.93. The summed E-state index contributed by atoms with van der Waals surface area (Å²) >= 11 is 0. The second kappa shape index (κ2) is 8.18. The third-order valence-electron chi connectivity index (χ3n) is 4.57. The van der Waals surface area contributed by atoms with Crippen molar-refractivity contribution >= 4 is 22.8 Å². The Morgan fingerprint density at radius 1 is 1.22 bits per heavy atom. The Balaban J connectivity index is 1.86. The minimum absolute atomic E-state index is 0.0968. The molecular weight excluding hydrogens is 342 g/mol. The summed E-state index contributed by atoms with van der Waals surface area (Å²) in [6.07, 6.45) is 0. The van der Waals surface area contributed by atoms with E-state index >= 15 is 0 Å². The summed E-state index contributed by atoms with van der Waals surface area (Å²) in [5, 5.41) is 2.96. The number of carbonyl (C=O) groups is 1. The minimum atomic E-state index is -0.0968. The van der Waals surface area contributed by atoms with Gasteiger partial charge in [0.1, 0.15) is 17.9 Å². The van der Waals surface area contributed by atoms with Gasteiger partial charge in [0.15, 0.2) is 5.82 Å². The van der Waals surface area contributed by atoms with Gasteiger partial charge in [-0.25, -0.2) is 9.97 Å². The molecule has 0 aliphatic rings. The predicted octanol–water partition coefficient (Wildman–Crippen LogP) is 2.60. The number of rotatable bonds is 7. The van der Waals surface area contributed by atoms with Crippen molar-refractivity contribution in [2.75, 3.05) is 18.9 Å². The van der Waals surface area contributed by atoms with Crippen LogP contribution in [0.5, 0.6) is 0 Å². The second-order valence-corrected chi connectivity index (χ2v) is 6.34. The summed E-state index contributed by atoms with van der Waals surface area (Å²) in [4.78, 5) is 21.3. The largest absolute Gasteiger partial charge is 0.382 e. The zero-order valence-corrected chi connectivity index (χ0v) is 16.0. The molecule has 27 heavy (non-hydrogen) atoms. The molecule has 0 spiro atoms. The molecule has 0 saturated carbocycles. The first-order chi connectivity index (χ1) is 13.0. The summed E-state index contributed by atoms with van der Waals surface area (Å²) in [5.41, 5.74) is 10.3. The highest BCUT2D eigenvalue weighted by atomic mass is 16.5. The van der Waals surface area contributed by atoms with Crippen molar-refractivity contribution in [1.29, 1.82) is 0 Å². The number of fused-ring (bicyclic) bond motifs is 1. The number of nitrogens with one attached hydrogen (secondary N) is 1. The van der Waals surface area contributed by atoms with Crippen molar-refractivity contribution in [1.82, 2.24) is 19.9 Å². The summed E-state index contributed by atoms with van der Waals surface area (Å²) < 4.78 is 7.63. The molecule has 1 amide bonds. The number of benzene rings is 1. The number of nitrogens with zero attached hydrogens (tertiary/aromatic N) is 3. The Bertz CT molecular complexity index is 950. The lowest BCUT2D eigenvalue weighted by Gasteiger charge is -2.12. The van der Waals surface area contributed by atoms with Crippen LogP contribution in [-0.4, -0.2) is 33.6 Å². The SMILES string of the molecule is CCOCc1nc2c(N)nc(C)c(C)c2n1CCNC(=O)c1ccccc1. The van der Waals surface area contributed by atoms with Crippen LogP contribution in [0.25, 0.3) is 11.0 Å². The molecule has 3 rings (SSSR count). The summed E-state index contributed by atoms with van der Waals surface area (Å²) in [5.74, 6) is 1.10. The zero-order chi connectivity index (χ0) is 19.4. The molecule has 2 heterocycles. The molecule has 0 radical (unpaired) electrons. The highest BCUT2D eigenvalue weighted by Gasteiger charge is 2.17. The number of anilines is 1. The van der Waals surface area contributed by atoms with Gasteiger partial charge in [-0.1, -0.05) is 18.2 Å². The van der Waals surface area contributed by atoms with E-state index in [0.29, 0.717) is 43.2 Å². The minimum Gasteiger partial charge on any atom is -0.382 e. The molecule has 7 heteroatoms. The molecule has 0 saturated heterocycles. The maximum atomic E-state index is 12.3. The molecule has 7 nitrogen and oxygen atoms in total. The highest BCUT2D eigenvalue weighted by Crippen LogP contribution is 2.26. The lowest BCUT2D eigenvalue weighted by Crippen LogP contribution is -2.27. The lowest BCUT2D eigenvalue weighted by atomic mass is 10.2. The molecule has 0 aliphatic carbocycles. The number of ether oxygens (including phenoxy) is 1. The van der Waals surface area contributed by atoms with E-state index in [-0.39, 0.29) is 5.91 Å². The fraction of sp³-hybridized carbons (Fsp3) is 0.350. The van der Waals surface area contributed by atoms with Crippen LogP contribution in [0.3, 0.4) is 0 Å². The Morgan fingerprint density at radius 3 is 2.67 bits per heavy atom. The third-order valence-corrected chi connectivity index (χ3v) is 4.57.